The molecule has 0 saturated carbocycles. The first-order valence-corrected chi connectivity index (χ1v) is 8.21. The minimum Gasteiger partial charge on any atom is -0.444 e. The highest BCUT2D eigenvalue weighted by Gasteiger charge is 2.18. The zero-order chi connectivity index (χ0) is 15.4. The molecule has 1 aliphatic heterocycles. The Hall–Kier alpha value is -1.07. The number of nitrogens with zero attached hydrogens (tertiary/aromatic N) is 2. The van der Waals surface area contributed by atoms with Gasteiger partial charge < -0.3 is 9.73 Å². The largest absolute Gasteiger partial charge is 0.444 e. The van der Waals surface area contributed by atoms with Crippen molar-refractivity contribution >= 4 is 24.0 Å². The standard InChI is InChI=1S/C17H22ClN3O.ClH/c1-21(16-6-3-8-19-9-7-16)11-15-12-22-17(20-15)13-4-2-5-14(18)10-13;/h2,4-5,10,12,16,19H,3,6-9,11H2,1H3;1H. The number of nitrogens with one attached hydrogen (secondary N) is 1. The molecule has 0 radical (unpaired) electrons. The number of oxazole rings is 1. The molecular formula is C17H23Cl2N3O. The number of benzene rings is 1. The first-order valence-electron chi connectivity index (χ1n) is 7.83. The first kappa shape index (κ1) is 18.3. The maximum Gasteiger partial charge on any atom is 0.226 e. The van der Waals surface area contributed by atoms with Gasteiger partial charge in [0.1, 0.15) is 6.26 Å². The lowest BCUT2D eigenvalue weighted by Crippen LogP contribution is -2.32. The minimum atomic E-state index is 0. The monoisotopic (exact) mass is 355 g/mol. The van der Waals surface area contributed by atoms with Gasteiger partial charge in [0.05, 0.1) is 5.69 Å². The summed E-state index contributed by atoms with van der Waals surface area (Å²) in [6.45, 7) is 3.05. The second kappa shape index (κ2) is 8.69. The Balaban J connectivity index is 0.00000192. The number of rotatable bonds is 4. The van der Waals surface area contributed by atoms with Gasteiger partial charge in [0.15, 0.2) is 0 Å². The van der Waals surface area contributed by atoms with Crippen LogP contribution in [0.5, 0.6) is 0 Å². The molecule has 1 N–H and O–H groups in total. The smallest absolute Gasteiger partial charge is 0.226 e. The van der Waals surface area contributed by atoms with E-state index in [0.29, 0.717) is 17.0 Å². The average Bonchev–Trinajstić information content (AvgIpc) is 2.80. The lowest BCUT2D eigenvalue weighted by Gasteiger charge is -2.25. The molecule has 1 atom stereocenters. The fraction of sp³-hybridized carbons (Fsp3) is 0.471. The van der Waals surface area contributed by atoms with Crippen LogP contribution in [0.25, 0.3) is 11.5 Å². The van der Waals surface area contributed by atoms with Gasteiger partial charge in [-0.15, -0.1) is 12.4 Å². The summed E-state index contributed by atoms with van der Waals surface area (Å²) in [5.41, 5.74) is 1.88. The van der Waals surface area contributed by atoms with Gasteiger partial charge in [-0.1, -0.05) is 17.7 Å². The number of halogens is 2. The van der Waals surface area contributed by atoms with E-state index in [0.717, 1.165) is 30.9 Å². The Kier molecular flexibility index (Phi) is 6.90. The summed E-state index contributed by atoms with van der Waals surface area (Å²) in [5.74, 6) is 0.633. The number of aromatic nitrogens is 1. The predicted octanol–water partition coefficient (Wildman–Crippen LogP) is 3.99. The Bertz CT molecular complexity index is 609. The van der Waals surface area contributed by atoms with Gasteiger partial charge in [-0.05, 0) is 57.6 Å². The SMILES string of the molecule is CN(Cc1coc(-c2cccc(Cl)c2)n1)C1CCCNCC1.Cl. The summed E-state index contributed by atoms with van der Waals surface area (Å²) < 4.78 is 5.61. The predicted molar refractivity (Wildman–Crippen MR) is 96.2 cm³/mol. The Labute approximate surface area is 148 Å². The summed E-state index contributed by atoms with van der Waals surface area (Å²) in [6.07, 6.45) is 5.42. The highest BCUT2D eigenvalue weighted by Crippen LogP contribution is 2.23. The summed E-state index contributed by atoms with van der Waals surface area (Å²) in [6, 6.07) is 8.20. The molecule has 126 valence electrons. The zero-order valence-electron chi connectivity index (χ0n) is 13.3. The lowest BCUT2D eigenvalue weighted by atomic mass is 10.1. The molecule has 2 heterocycles. The maximum absolute atomic E-state index is 6.02. The molecular weight excluding hydrogens is 333 g/mol. The van der Waals surface area contributed by atoms with Gasteiger partial charge in [-0.3, -0.25) is 4.90 Å². The molecule has 4 nitrogen and oxygen atoms in total. The van der Waals surface area contributed by atoms with Crippen molar-refractivity contribution in [1.82, 2.24) is 15.2 Å². The second-order valence-electron chi connectivity index (χ2n) is 5.90. The molecule has 0 amide bonds. The van der Waals surface area contributed by atoms with E-state index in [4.69, 9.17) is 16.0 Å². The molecule has 1 aliphatic rings. The molecule has 6 heteroatoms. The third-order valence-corrected chi connectivity index (χ3v) is 4.44. The van der Waals surface area contributed by atoms with Crippen LogP contribution in [-0.4, -0.2) is 36.1 Å². The number of hydrogen-bond acceptors (Lipinski definition) is 4. The minimum absolute atomic E-state index is 0. The molecule has 0 aliphatic carbocycles. The van der Waals surface area contributed by atoms with Crippen LogP contribution < -0.4 is 5.32 Å². The Morgan fingerprint density at radius 2 is 2.22 bits per heavy atom. The Morgan fingerprint density at radius 1 is 1.35 bits per heavy atom. The van der Waals surface area contributed by atoms with Crippen molar-refractivity contribution in [3.8, 4) is 11.5 Å². The van der Waals surface area contributed by atoms with Crippen molar-refractivity contribution in [2.75, 3.05) is 20.1 Å². The fourth-order valence-corrected chi connectivity index (χ4v) is 3.15. The third-order valence-electron chi connectivity index (χ3n) is 4.20. The second-order valence-corrected chi connectivity index (χ2v) is 6.34. The topological polar surface area (TPSA) is 41.3 Å². The van der Waals surface area contributed by atoms with Crippen LogP contribution in [0.1, 0.15) is 25.0 Å². The van der Waals surface area contributed by atoms with Crippen LogP contribution in [-0.2, 0) is 6.54 Å². The normalized spacial score (nSPS) is 18.5. The van der Waals surface area contributed by atoms with Crippen LogP contribution in [0.2, 0.25) is 5.02 Å². The molecule has 3 rings (SSSR count). The fourth-order valence-electron chi connectivity index (χ4n) is 2.96. The van der Waals surface area contributed by atoms with E-state index in [-0.39, 0.29) is 12.4 Å². The van der Waals surface area contributed by atoms with E-state index >= 15 is 0 Å². The van der Waals surface area contributed by atoms with Crippen molar-refractivity contribution in [2.45, 2.75) is 31.8 Å². The molecule has 0 bridgehead atoms. The van der Waals surface area contributed by atoms with E-state index in [1.807, 2.05) is 24.3 Å². The summed E-state index contributed by atoms with van der Waals surface area (Å²) >= 11 is 6.02. The molecule has 0 spiro atoms. The van der Waals surface area contributed by atoms with Crippen LogP contribution >= 0.6 is 24.0 Å². The first-order chi connectivity index (χ1) is 10.7. The van der Waals surface area contributed by atoms with Crippen molar-refractivity contribution in [3.05, 3.63) is 41.2 Å². The molecule has 1 aromatic heterocycles. The van der Waals surface area contributed by atoms with Gasteiger partial charge in [0, 0.05) is 23.2 Å². The van der Waals surface area contributed by atoms with Crippen LogP contribution in [0.3, 0.4) is 0 Å². The van der Waals surface area contributed by atoms with Gasteiger partial charge in [0.25, 0.3) is 0 Å². The van der Waals surface area contributed by atoms with E-state index in [9.17, 15) is 0 Å². The molecule has 23 heavy (non-hydrogen) atoms. The van der Waals surface area contributed by atoms with Crippen LogP contribution in [0.4, 0.5) is 0 Å². The van der Waals surface area contributed by atoms with E-state index in [1.54, 1.807) is 6.26 Å². The van der Waals surface area contributed by atoms with Crippen LogP contribution in [0, 0.1) is 0 Å². The van der Waals surface area contributed by atoms with Crippen molar-refractivity contribution < 1.29 is 4.42 Å². The summed E-state index contributed by atoms with van der Waals surface area (Å²) in [7, 11) is 2.17. The van der Waals surface area contributed by atoms with Crippen LogP contribution in [0.15, 0.2) is 34.9 Å². The maximum atomic E-state index is 6.02. The van der Waals surface area contributed by atoms with E-state index in [1.165, 1.54) is 19.3 Å². The summed E-state index contributed by atoms with van der Waals surface area (Å²) in [5, 5.41) is 4.15. The number of hydrogen-bond donors (Lipinski definition) is 1. The molecule has 1 unspecified atom stereocenters. The van der Waals surface area contributed by atoms with E-state index in [2.05, 4.69) is 22.2 Å². The quantitative estimate of drug-likeness (QED) is 0.899. The van der Waals surface area contributed by atoms with E-state index < -0.39 is 0 Å². The summed E-state index contributed by atoms with van der Waals surface area (Å²) in [4.78, 5) is 6.98. The van der Waals surface area contributed by atoms with Crippen molar-refractivity contribution in [2.24, 2.45) is 0 Å². The Morgan fingerprint density at radius 3 is 3.04 bits per heavy atom. The lowest BCUT2D eigenvalue weighted by molar-refractivity contribution is 0.214. The zero-order valence-corrected chi connectivity index (χ0v) is 14.9. The van der Waals surface area contributed by atoms with Gasteiger partial charge >= 0.3 is 0 Å². The highest BCUT2D eigenvalue weighted by atomic mass is 35.5. The van der Waals surface area contributed by atoms with Gasteiger partial charge in [-0.2, -0.15) is 0 Å². The highest BCUT2D eigenvalue weighted by molar-refractivity contribution is 6.30. The third kappa shape index (κ3) is 4.95. The van der Waals surface area contributed by atoms with Gasteiger partial charge in [-0.25, -0.2) is 4.98 Å². The average molecular weight is 356 g/mol. The molecule has 1 aromatic carbocycles. The molecule has 2 aromatic rings. The van der Waals surface area contributed by atoms with Crippen molar-refractivity contribution in [1.29, 1.82) is 0 Å². The van der Waals surface area contributed by atoms with Crippen molar-refractivity contribution in [3.63, 3.8) is 0 Å². The molecule has 1 saturated heterocycles. The van der Waals surface area contributed by atoms with Gasteiger partial charge in [0.2, 0.25) is 5.89 Å². The molecule has 1 fully saturated rings.